The molecule has 112 valence electrons. The maximum Gasteiger partial charge on any atom is 0.00277 e. The lowest BCUT2D eigenvalue weighted by molar-refractivity contribution is 0.481. The van der Waals surface area contributed by atoms with Crippen LogP contribution in [-0.2, 0) is 0 Å². The van der Waals surface area contributed by atoms with Gasteiger partial charge in [-0.3, -0.25) is 0 Å². The highest BCUT2D eigenvalue weighted by Crippen LogP contribution is 2.23. The van der Waals surface area contributed by atoms with Crippen LogP contribution in [0.5, 0.6) is 0 Å². The van der Waals surface area contributed by atoms with Crippen molar-refractivity contribution in [3.05, 3.63) is 48.7 Å². The van der Waals surface area contributed by atoms with Gasteiger partial charge in [0.15, 0.2) is 0 Å². The minimum Gasteiger partial charge on any atom is -0.394 e. The van der Waals surface area contributed by atoms with Gasteiger partial charge in [0, 0.05) is 7.05 Å². The molecule has 1 aliphatic carbocycles. The van der Waals surface area contributed by atoms with Gasteiger partial charge >= 0.3 is 0 Å². The molecule has 2 unspecified atom stereocenters. The van der Waals surface area contributed by atoms with Crippen molar-refractivity contribution in [3.8, 4) is 0 Å². The summed E-state index contributed by atoms with van der Waals surface area (Å²) in [7, 11) is 1.93. The Kier molecular flexibility index (Phi) is 8.86. The molecule has 0 amide bonds. The van der Waals surface area contributed by atoms with Crippen molar-refractivity contribution < 1.29 is 0 Å². The Bertz CT molecular complexity index is 349. The average Bonchev–Trinajstić information content (AvgIpc) is 2.50. The van der Waals surface area contributed by atoms with Crippen LogP contribution in [0.1, 0.15) is 51.9 Å². The molecule has 0 aliphatic heterocycles. The summed E-state index contributed by atoms with van der Waals surface area (Å²) in [5.74, 6) is 1.28. The first-order valence-corrected chi connectivity index (χ1v) is 8.11. The normalized spacial score (nSPS) is 21.1. The van der Waals surface area contributed by atoms with Crippen LogP contribution < -0.4 is 5.32 Å². The number of nitrogens with one attached hydrogen (secondary N) is 1. The largest absolute Gasteiger partial charge is 0.394 e. The van der Waals surface area contributed by atoms with E-state index in [0.29, 0.717) is 5.92 Å². The first-order chi connectivity index (χ1) is 9.77. The van der Waals surface area contributed by atoms with Crippen molar-refractivity contribution >= 4 is 0 Å². The lowest BCUT2D eigenvalue weighted by atomic mass is 9.91. The van der Waals surface area contributed by atoms with Gasteiger partial charge in [-0.2, -0.15) is 0 Å². The van der Waals surface area contributed by atoms with E-state index in [4.69, 9.17) is 0 Å². The molecule has 1 aliphatic rings. The lowest BCUT2D eigenvalue weighted by Gasteiger charge is -2.15. The smallest absolute Gasteiger partial charge is 0.00277 e. The molecule has 1 rings (SSSR count). The Morgan fingerprint density at radius 3 is 2.95 bits per heavy atom. The molecule has 0 saturated carbocycles. The molecule has 0 aromatic rings. The summed E-state index contributed by atoms with van der Waals surface area (Å²) in [6, 6.07) is 0. The minimum absolute atomic E-state index is 0.431. The van der Waals surface area contributed by atoms with E-state index in [9.17, 15) is 0 Å². The zero-order chi connectivity index (χ0) is 14.6. The standard InChI is InChI=1S/C19H31N/c1-4-17(2)19(15-16-20-3)14-10-6-9-13-18-11-7-5-8-12-18/h4,7,11,14-18,20H,1,5-6,8-10,12-13H2,2-3H3/b16-15-,19-14+. The van der Waals surface area contributed by atoms with Crippen LogP contribution in [0.2, 0.25) is 0 Å². The molecule has 0 bridgehead atoms. The van der Waals surface area contributed by atoms with E-state index in [1.807, 2.05) is 19.3 Å². The van der Waals surface area contributed by atoms with E-state index in [1.54, 1.807) is 0 Å². The zero-order valence-electron chi connectivity index (χ0n) is 13.3. The van der Waals surface area contributed by atoms with E-state index < -0.39 is 0 Å². The van der Waals surface area contributed by atoms with Gasteiger partial charge in [-0.05, 0) is 68.2 Å². The number of hydrogen-bond acceptors (Lipinski definition) is 1. The molecular weight excluding hydrogens is 242 g/mol. The van der Waals surface area contributed by atoms with Crippen LogP contribution in [0.25, 0.3) is 0 Å². The van der Waals surface area contributed by atoms with Crippen LogP contribution in [0.4, 0.5) is 0 Å². The van der Waals surface area contributed by atoms with Gasteiger partial charge in [0.2, 0.25) is 0 Å². The van der Waals surface area contributed by atoms with Crippen molar-refractivity contribution in [2.45, 2.75) is 51.9 Å². The number of hydrogen-bond donors (Lipinski definition) is 1. The number of allylic oxidation sites excluding steroid dienone is 6. The van der Waals surface area contributed by atoms with Crippen LogP contribution >= 0.6 is 0 Å². The summed E-state index contributed by atoms with van der Waals surface area (Å²) >= 11 is 0. The topological polar surface area (TPSA) is 12.0 Å². The maximum atomic E-state index is 3.89. The molecule has 1 heteroatoms. The number of unbranched alkanes of at least 4 members (excludes halogenated alkanes) is 2. The predicted molar refractivity (Wildman–Crippen MR) is 90.6 cm³/mol. The van der Waals surface area contributed by atoms with E-state index >= 15 is 0 Å². The molecule has 20 heavy (non-hydrogen) atoms. The molecule has 0 aromatic heterocycles. The summed E-state index contributed by atoms with van der Waals surface area (Å²) in [5.41, 5.74) is 1.37. The van der Waals surface area contributed by atoms with Crippen molar-refractivity contribution in [3.63, 3.8) is 0 Å². The molecule has 0 radical (unpaired) electrons. The zero-order valence-corrected chi connectivity index (χ0v) is 13.3. The lowest BCUT2D eigenvalue weighted by Crippen LogP contribution is -2.00. The third-order valence-corrected chi connectivity index (χ3v) is 4.08. The van der Waals surface area contributed by atoms with Gasteiger partial charge in [-0.1, -0.05) is 37.6 Å². The van der Waals surface area contributed by atoms with Crippen LogP contribution in [0.3, 0.4) is 0 Å². The summed E-state index contributed by atoms with van der Waals surface area (Å²) in [6.07, 6.45) is 22.6. The second-order valence-corrected chi connectivity index (χ2v) is 5.75. The Morgan fingerprint density at radius 2 is 2.30 bits per heavy atom. The molecule has 0 aromatic carbocycles. The van der Waals surface area contributed by atoms with Crippen LogP contribution in [-0.4, -0.2) is 7.05 Å². The van der Waals surface area contributed by atoms with Crippen LogP contribution in [0.15, 0.2) is 48.7 Å². The van der Waals surface area contributed by atoms with Gasteiger partial charge in [-0.15, -0.1) is 6.58 Å². The van der Waals surface area contributed by atoms with Crippen LogP contribution in [0, 0.1) is 11.8 Å². The van der Waals surface area contributed by atoms with Crippen molar-refractivity contribution in [1.29, 1.82) is 0 Å². The highest BCUT2D eigenvalue weighted by atomic mass is 14.8. The van der Waals surface area contributed by atoms with E-state index in [-0.39, 0.29) is 0 Å². The Hall–Kier alpha value is -1.24. The summed E-state index contributed by atoms with van der Waals surface area (Å²) < 4.78 is 0. The maximum absolute atomic E-state index is 3.89. The third-order valence-electron chi connectivity index (χ3n) is 4.08. The van der Waals surface area contributed by atoms with Gasteiger partial charge in [0.05, 0.1) is 0 Å². The first kappa shape index (κ1) is 16.8. The monoisotopic (exact) mass is 273 g/mol. The summed E-state index contributed by atoms with van der Waals surface area (Å²) in [5, 5.41) is 3.06. The quantitative estimate of drug-likeness (QED) is 0.337. The molecule has 0 heterocycles. The summed E-state index contributed by atoms with van der Waals surface area (Å²) in [6.45, 7) is 6.09. The fourth-order valence-electron chi connectivity index (χ4n) is 2.66. The van der Waals surface area contributed by atoms with Gasteiger partial charge in [-0.25, -0.2) is 0 Å². The highest BCUT2D eigenvalue weighted by molar-refractivity contribution is 5.23. The molecule has 0 spiro atoms. The van der Waals surface area contributed by atoms with E-state index in [0.717, 1.165) is 5.92 Å². The molecule has 1 N–H and O–H groups in total. The van der Waals surface area contributed by atoms with Crippen molar-refractivity contribution in [1.82, 2.24) is 5.32 Å². The van der Waals surface area contributed by atoms with Gasteiger partial charge in [0.1, 0.15) is 0 Å². The predicted octanol–water partition coefficient (Wildman–Crippen LogP) is 5.38. The fraction of sp³-hybridized carbons (Fsp3) is 0.579. The second kappa shape index (κ2) is 10.5. The third kappa shape index (κ3) is 6.79. The molecule has 1 nitrogen and oxygen atoms in total. The van der Waals surface area contributed by atoms with Gasteiger partial charge in [0.25, 0.3) is 0 Å². The fourth-order valence-corrected chi connectivity index (χ4v) is 2.66. The van der Waals surface area contributed by atoms with Crippen molar-refractivity contribution in [2.75, 3.05) is 7.05 Å². The molecule has 2 atom stereocenters. The first-order valence-electron chi connectivity index (χ1n) is 8.11. The second-order valence-electron chi connectivity index (χ2n) is 5.75. The minimum atomic E-state index is 0.431. The molecular formula is C19H31N. The number of rotatable bonds is 9. The molecule has 0 saturated heterocycles. The highest BCUT2D eigenvalue weighted by Gasteiger charge is 2.07. The molecule has 0 fully saturated rings. The Morgan fingerprint density at radius 1 is 1.45 bits per heavy atom. The van der Waals surface area contributed by atoms with E-state index in [2.05, 4.69) is 43.1 Å². The Balaban J connectivity index is 2.28. The van der Waals surface area contributed by atoms with Gasteiger partial charge < -0.3 is 5.32 Å². The van der Waals surface area contributed by atoms with E-state index in [1.165, 1.54) is 50.5 Å². The Labute approximate surface area is 125 Å². The summed E-state index contributed by atoms with van der Waals surface area (Å²) in [4.78, 5) is 0. The SMILES string of the molecule is C=CC(C)C(/C=C\NC)=C/CCCCC1C=CCCC1. The average molecular weight is 273 g/mol. The van der Waals surface area contributed by atoms with Crippen molar-refractivity contribution in [2.24, 2.45) is 11.8 Å².